The Hall–Kier alpha value is -15.2. The highest BCUT2D eigenvalue weighted by Gasteiger charge is 2.25. The van der Waals surface area contributed by atoms with Gasteiger partial charge in [-0.3, -0.25) is 58.8 Å². The predicted molar refractivity (Wildman–Crippen MR) is 592 cm³/mol. The van der Waals surface area contributed by atoms with Crippen molar-refractivity contribution in [1.29, 1.82) is 0 Å². The number of hydrogen-bond acceptors (Lipinski definition) is 29. The Morgan fingerprint density at radius 2 is 1.20 bits per heavy atom. The van der Waals surface area contributed by atoms with Gasteiger partial charge in [0.25, 0.3) is 35.4 Å². The lowest BCUT2D eigenvalue weighted by Crippen LogP contribution is -2.47. The average molecular weight is 2150 g/mol. The Labute approximate surface area is 882 Å². The predicted octanol–water partition coefficient (Wildman–Crippen LogP) is 18.3. The van der Waals surface area contributed by atoms with Crippen LogP contribution in [0.3, 0.4) is 0 Å². The first-order valence-electron chi connectivity index (χ1n) is 45.3. The fraction of sp³-hybridized carbons (Fsp3) is 0.212. The van der Waals surface area contributed by atoms with Crippen molar-refractivity contribution in [2.24, 2.45) is 10.9 Å². The second-order valence-corrected chi connectivity index (χ2v) is 39.2. The van der Waals surface area contributed by atoms with Crippen molar-refractivity contribution in [3.8, 4) is 11.5 Å². The Kier molecular flexibility index (Phi) is 48.7. The van der Waals surface area contributed by atoms with Crippen molar-refractivity contribution in [3.05, 3.63) is 329 Å². The molecule has 5 aromatic heterocycles. The molecule has 43 heteroatoms. The van der Waals surface area contributed by atoms with Crippen LogP contribution < -0.4 is 96.8 Å². The maximum Gasteiger partial charge on any atom is 0.276 e. The van der Waals surface area contributed by atoms with E-state index in [-0.39, 0.29) is 99.9 Å². The molecule has 0 aliphatic carbocycles. The van der Waals surface area contributed by atoms with Crippen LogP contribution in [0, 0.1) is 24.6 Å². The first-order valence-corrected chi connectivity index (χ1v) is 51.3. The molecule has 0 aliphatic heterocycles. The summed E-state index contributed by atoms with van der Waals surface area (Å²) in [6.45, 7) is 18.1. The molecule has 147 heavy (non-hydrogen) atoms. The van der Waals surface area contributed by atoms with Gasteiger partial charge in [-0.25, -0.2) is 14.4 Å². The van der Waals surface area contributed by atoms with Gasteiger partial charge in [-0.15, -0.1) is 56.8 Å². The molecule has 14 aromatic rings. The molecule has 0 spiro atoms. The topological polar surface area (TPSA) is 559 Å². The number of carbonyl (C=O) groups excluding carboxylic acids is 10. The number of aliphatic hydroxyl groups excluding tert-OH is 1. The van der Waals surface area contributed by atoms with Crippen molar-refractivity contribution < 1.29 is 72.4 Å². The molecule has 14 rings (SSSR count). The number of fused-ring (bicyclic) bond motifs is 3. The van der Waals surface area contributed by atoms with E-state index in [1.54, 1.807) is 127 Å². The molecule has 3 atom stereocenters. The molecule has 0 unspecified atom stereocenters. The monoisotopic (exact) mass is 2150 g/mol. The van der Waals surface area contributed by atoms with Gasteiger partial charge in [0, 0.05) is 82.1 Å². The summed E-state index contributed by atoms with van der Waals surface area (Å²) < 4.78 is 27.0. The summed E-state index contributed by atoms with van der Waals surface area (Å²) in [6.07, 6.45) is 6.47. The largest absolute Gasteiger partial charge is 0.513 e. The minimum atomic E-state index is -0.708. The number of anilines is 7. The second kappa shape index (κ2) is 61.2. The van der Waals surface area contributed by atoms with Gasteiger partial charge in [0.2, 0.25) is 23.6 Å². The number of aliphatic hydroxyl groups is 1. The third-order valence-electron chi connectivity index (χ3n) is 20.5. The van der Waals surface area contributed by atoms with Crippen molar-refractivity contribution in [2.45, 2.75) is 101 Å². The third-order valence-corrected chi connectivity index (χ3v) is 26.8. The number of carbonyl (C=O) groups is 10. The molecular weight excluding hydrogens is 2040 g/mol. The van der Waals surface area contributed by atoms with Gasteiger partial charge in [0.1, 0.15) is 35.1 Å². The van der Waals surface area contributed by atoms with Crippen molar-refractivity contribution in [3.63, 3.8) is 0 Å². The number of nitrogens with zero attached hydrogens (tertiary/aromatic N) is 3. The summed E-state index contributed by atoms with van der Waals surface area (Å²) in [5.41, 5.74) is 41.9. The number of nitrogen functional groups attached to an aromatic ring is 4. The van der Waals surface area contributed by atoms with Crippen LogP contribution in [-0.4, -0.2) is 143 Å². The minimum Gasteiger partial charge on any atom is -0.513 e. The second-order valence-electron chi connectivity index (χ2n) is 32.2. The highest BCUT2D eigenvalue weighted by atomic mass is 35.5. The fourth-order valence-corrected chi connectivity index (χ4v) is 18.7. The van der Waals surface area contributed by atoms with E-state index in [1.165, 1.54) is 87.0 Å². The minimum absolute atomic E-state index is 0. The van der Waals surface area contributed by atoms with E-state index in [0.29, 0.717) is 131 Å². The van der Waals surface area contributed by atoms with E-state index in [0.717, 1.165) is 69.6 Å². The lowest BCUT2D eigenvalue weighted by molar-refractivity contribution is -0.124. The molecule has 0 fully saturated rings. The molecule has 0 aliphatic rings. The maximum atomic E-state index is 13.4. The third kappa shape index (κ3) is 40.4. The lowest BCUT2D eigenvalue weighted by Gasteiger charge is -2.18. The van der Waals surface area contributed by atoms with Crippen LogP contribution in [0.5, 0.6) is 11.5 Å². The molecule has 34 nitrogen and oxygen atoms in total. The molecule has 0 saturated carbocycles. The van der Waals surface area contributed by atoms with E-state index < -0.39 is 35.8 Å². The summed E-state index contributed by atoms with van der Waals surface area (Å²) in [4.78, 5) is 144. The van der Waals surface area contributed by atoms with Gasteiger partial charge in [-0.2, -0.15) is 0 Å². The van der Waals surface area contributed by atoms with Gasteiger partial charge in [0.15, 0.2) is 16.1 Å². The SMILES string of the molecule is C=C(C)Nc1nc2c(C)cc(N)cc2s1.C=C(O)CC[C@@H](N)C(=O)NCCCC[C@@H](NC(=O)c1cccs1)C(=O)NCCc1cccs1.C=CCNC(=O)[C@@H](CCCCNC(=O)c1ccc(N)cc1)NC(=O)c1cccs1.COc1ccc(C)cc1NC(=O)c1ccc(Cl)cc1Cl.Nc1cc(N=O)cc(C(=O)NNC(=O)COc2ccc3ccccc3c2)c1.Nc1ccc2nc(SCC(=O)Nc3ccccc3F)sc2c1.O. The number of halogens is 3. The summed E-state index contributed by atoms with van der Waals surface area (Å²) >= 11 is 20.5. The number of aryl methyl sites for hydroxylation is 2. The number of benzene rings is 9. The number of thiophene rings is 3. The molecule has 9 aromatic carbocycles. The number of para-hydroxylation sites is 1. The van der Waals surface area contributed by atoms with Crippen LogP contribution in [0.4, 0.5) is 49.3 Å². The highest BCUT2D eigenvalue weighted by molar-refractivity contribution is 8.01. The lowest BCUT2D eigenvalue weighted by atomic mass is 10.1. The molecule has 0 radical (unpaired) electrons. The number of nitrogens with one attached hydrogen (secondary N) is 11. The molecule has 0 saturated heterocycles. The van der Waals surface area contributed by atoms with Crippen LogP contribution in [0.15, 0.2) is 275 Å². The fourth-order valence-electron chi connectivity index (χ4n) is 13.2. The number of methoxy groups -OCH3 is 1. The summed E-state index contributed by atoms with van der Waals surface area (Å²) in [5, 5.41) is 46.5. The van der Waals surface area contributed by atoms with Crippen LogP contribution in [-0.2, 0) is 30.4 Å². The number of thioether (sulfide) groups is 1. The number of thiazole rings is 2. The number of allylic oxidation sites excluding steroid dienone is 2. The van der Waals surface area contributed by atoms with Crippen molar-refractivity contribution in [2.75, 3.05) is 84.5 Å². The van der Waals surface area contributed by atoms with E-state index in [2.05, 4.69) is 93.6 Å². The zero-order valence-corrected chi connectivity index (χ0v) is 87.0. The number of hydrogen-bond donors (Lipinski definition) is 17. The molecule has 0 bridgehead atoms. The number of aromatic nitrogens is 2. The van der Waals surface area contributed by atoms with Gasteiger partial charge >= 0.3 is 0 Å². The van der Waals surface area contributed by atoms with Crippen LogP contribution >= 0.6 is 91.6 Å². The van der Waals surface area contributed by atoms with Crippen LogP contribution in [0.1, 0.15) is 125 Å². The molecular formula is C104H114Cl2FN19O15S6. The van der Waals surface area contributed by atoms with E-state index in [4.69, 9.17) is 66.5 Å². The first kappa shape index (κ1) is 117. The smallest absolute Gasteiger partial charge is 0.276 e. The zero-order chi connectivity index (χ0) is 106. The van der Waals surface area contributed by atoms with Crippen LogP contribution in [0.25, 0.3) is 31.2 Å². The quantitative estimate of drug-likeness (QED) is 0.00322. The number of nitrogens with two attached hydrogens (primary N) is 5. The molecule has 24 N–H and O–H groups in total. The van der Waals surface area contributed by atoms with Gasteiger partial charge in [-0.05, 0) is 261 Å². The van der Waals surface area contributed by atoms with Gasteiger partial charge in [-0.1, -0.05) is 132 Å². The Morgan fingerprint density at radius 1 is 0.565 bits per heavy atom. The zero-order valence-electron chi connectivity index (χ0n) is 80.5. The normalized spacial score (nSPS) is 11.0. The van der Waals surface area contributed by atoms with E-state index in [1.807, 2.05) is 122 Å². The molecule has 772 valence electrons. The number of nitroso groups, excluding NO2 is 1. The first-order chi connectivity index (χ1) is 70.1. The van der Waals surface area contributed by atoms with Gasteiger partial charge in [0.05, 0.1) is 76.8 Å². The molecule has 10 amide bonds. The Morgan fingerprint density at radius 3 is 1.84 bits per heavy atom. The average Bonchev–Trinajstić information content (AvgIpc) is 1.59. The number of ether oxygens (including phenoxy) is 2. The number of unbranched alkanes of at least 4 members (excludes halogenated alkanes) is 2. The number of rotatable bonds is 40. The summed E-state index contributed by atoms with van der Waals surface area (Å²) in [6, 6.07) is 58.6. The van der Waals surface area contributed by atoms with E-state index >= 15 is 0 Å². The standard InChI is InChI=1S/C23H32N4O4S2.C21H26N4O3S.C19H16N4O4.C15H13Cl2NO2.C15H12FN3OS2.C11H13N3S.H2O/c1-16(28)9-10-18(24)21(29)25-12-3-2-7-19(27-23(31)20-8-5-15-33-20)22(30)26-13-11-17-6-4-14-32-17;1-2-12-23-20(27)17(25-21(28)18-7-5-14-29-18)6-3-4-13-24-19(26)15-8-10-16(22)11-9-15;20-15-7-14(8-16(10-15)23-26)19(25)22-21-18(24)11-27-17-6-5-12-3-1-2-4-13(12)9-17;1-9-3-6-14(20-2)13(7-9)18-15(19)11-5-4-10(16)8-12(11)17;16-10-3-1-2-4-11(10)18-14(20)8-21-15-19-12-6-5-9(17)7-13(12)22-15;1-6(2)13-11-14-10-7(3)4-8(12)5-9(10)15-11;/h4-6,8,14-15,18-19,28H,1-3,7,9-13,24H2,(H,25,29)(H,26,30)(H,27,31);2,5,7-11,14,17H,1,3-4,6,12-13,22H2,(H,23,27)(H,24,26)(H,25,28);1-10H,11,20H2,(H,21,24)(H,22,25);3-8H,1-2H3,(H,18,19);1-7H,8,17H2,(H,18,20);4-5H,1,12H2,2-3H3,(H,13,14);1H2/t18-,19-;17-;;;;;/m11...../s1. The van der Waals surface area contributed by atoms with Crippen LogP contribution in [0.2, 0.25) is 10.0 Å². The highest BCUT2D eigenvalue weighted by Crippen LogP contribution is 2.34. The summed E-state index contributed by atoms with van der Waals surface area (Å²) in [5.74, 6) is -2.37. The number of amides is 10. The maximum absolute atomic E-state index is 13.4. The number of hydrazine groups is 1. The van der Waals surface area contributed by atoms with Crippen molar-refractivity contribution >= 4 is 227 Å². The Bertz CT molecular complexity index is 6820. The van der Waals surface area contributed by atoms with Crippen molar-refractivity contribution in [1.82, 2.24) is 52.7 Å². The Balaban J connectivity index is 0.000000218. The van der Waals surface area contributed by atoms with E-state index in [9.17, 15) is 57.2 Å². The van der Waals surface area contributed by atoms with Gasteiger partial charge < -0.3 is 96.6 Å². The summed E-state index contributed by atoms with van der Waals surface area (Å²) in [7, 11) is 1.55. The molecule has 5 heterocycles.